The summed E-state index contributed by atoms with van der Waals surface area (Å²) in [7, 11) is 1.63. The molecule has 6 nitrogen and oxygen atoms in total. The Balaban J connectivity index is 1.91. The van der Waals surface area contributed by atoms with Gasteiger partial charge in [-0.3, -0.25) is 0 Å². The average molecular weight is 294 g/mol. The van der Waals surface area contributed by atoms with Crippen LogP contribution >= 0.6 is 0 Å². The first-order chi connectivity index (χ1) is 10.1. The highest BCUT2D eigenvalue weighted by Crippen LogP contribution is 2.23. The van der Waals surface area contributed by atoms with Gasteiger partial charge in [-0.25, -0.2) is 4.79 Å². The molecule has 0 aliphatic carbocycles. The standard InChI is InChI=1S/C15H22N2O4/c1-21-13-4-2-12(3-5-13)10-16-15(11-18)6-8-17(9-7-15)14(19)20/h2-5,16,18H,6-11H2,1H3,(H,19,20). The summed E-state index contributed by atoms with van der Waals surface area (Å²) in [6, 6.07) is 7.75. The van der Waals surface area contributed by atoms with Crippen LogP contribution in [0.15, 0.2) is 24.3 Å². The van der Waals surface area contributed by atoms with Gasteiger partial charge in [0.25, 0.3) is 0 Å². The van der Waals surface area contributed by atoms with E-state index in [1.54, 1.807) is 7.11 Å². The minimum Gasteiger partial charge on any atom is -0.497 e. The molecule has 0 radical (unpaired) electrons. The summed E-state index contributed by atoms with van der Waals surface area (Å²) >= 11 is 0. The summed E-state index contributed by atoms with van der Waals surface area (Å²) in [4.78, 5) is 12.3. The number of benzene rings is 1. The van der Waals surface area contributed by atoms with Crippen LogP contribution in [-0.2, 0) is 6.54 Å². The first kappa shape index (κ1) is 15.6. The zero-order valence-electron chi connectivity index (χ0n) is 12.2. The number of piperidine rings is 1. The van der Waals surface area contributed by atoms with Crippen molar-refractivity contribution in [1.29, 1.82) is 0 Å². The SMILES string of the molecule is COc1ccc(CNC2(CO)CCN(C(=O)O)CC2)cc1. The number of hydrogen-bond acceptors (Lipinski definition) is 4. The van der Waals surface area contributed by atoms with E-state index < -0.39 is 11.6 Å². The molecule has 0 aromatic heterocycles. The van der Waals surface area contributed by atoms with Gasteiger partial charge in [0.15, 0.2) is 0 Å². The zero-order valence-corrected chi connectivity index (χ0v) is 12.2. The number of hydrogen-bond donors (Lipinski definition) is 3. The van der Waals surface area contributed by atoms with Crippen molar-refractivity contribution in [3.8, 4) is 5.75 Å². The quantitative estimate of drug-likeness (QED) is 0.762. The predicted molar refractivity (Wildman–Crippen MR) is 78.5 cm³/mol. The van der Waals surface area contributed by atoms with Crippen LogP contribution in [0.2, 0.25) is 0 Å². The van der Waals surface area contributed by atoms with Crippen molar-refractivity contribution in [3.05, 3.63) is 29.8 Å². The molecule has 0 bridgehead atoms. The van der Waals surface area contributed by atoms with E-state index in [0.717, 1.165) is 11.3 Å². The van der Waals surface area contributed by atoms with Gasteiger partial charge in [0.2, 0.25) is 0 Å². The molecule has 1 heterocycles. The van der Waals surface area contributed by atoms with Gasteiger partial charge in [0.1, 0.15) is 5.75 Å². The second-order valence-corrected chi connectivity index (χ2v) is 5.41. The smallest absolute Gasteiger partial charge is 0.407 e. The number of likely N-dealkylation sites (tertiary alicyclic amines) is 1. The number of ether oxygens (including phenoxy) is 1. The number of nitrogens with one attached hydrogen (secondary N) is 1. The van der Waals surface area contributed by atoms with E-state index in [1.165, 1.54) is 4.90 Å². The normalized spacial score (nSPS) is 17.5. The Morgan fingerprint density at radius 3 is 2.43 bits per heavy atom. The Morgan fingerprint density at radius 2 is 1.95 bits per heavy atom. The molecule has 0 atom stereocenters. The van der Waals surface area contributed by atoms with Gasteiger partial charge in [-0.1, -0.05) is 12.1 Å². The number of carboxylic acid groups (broad SMARTS) is 1. The van der Waals surface area contributed by atoms with Crippen molar-refractivity contribution in [2.75, 3.05) is 26.8 Å². The number of carbonyl (C=O) groups is 1. The predicted octanol–water partition coefficient (Wildman–Crippen LogP) is 1.29. The van der Waals surface area contributed by atoms with E-state index in [2.05, 4.69) is 5.32 Å². The topological polar surface area (TPSA) is 82.0 Å². The molecule has 1 amide bonds. The highest BCUT2D eigenvalue weighted by atomic mass is 16.5. The van der Waals surface area contributed by atoms with E-state index in [0.29, 0.717) is 32.5 Å². The van der Waals surface area contributed by atoms with Crippen LogP contribution < -0.4 is 10.1 Å². The molecule has 0 unspecified atom stereocenters. The maximum atomic E-state index is 10.9. The van der Waals surface area contributed by atoms with E-state index in [-0.39, 0.29) is 6.61 Å². The van der Waals surface area contributed by atoms with Crippen LogP contribution in [0, 0.1) is 0 Å². The highest BCUT2D eigenvalue weighted by molar-refractivity contribution is 5.65. The minimum atomic E-state index is -0.892. The molecular formula is C15H22N2O4. The Morgan fingerprint density at radius 1 is 1.33 bits per heavy atom. The van der Waals surface area contributed by atoms with Crippen LogP contribution in [0.5, 0.6) is 5.75 Å². The lowest BCUT2D eigenvalue weighted by atomic mass is 9.88. The Hall–Kier alpha value is -1.79. The molecule has 1 aliphatic rings. The first-order valence-corrected chi connectivity index (χ1v) is 7.05. The summed E-state index contributed by atoms with van der Waals surface area (Å²) in [5.74, 6) is 0.811. The van der Waals surface area contributed by atoms with Crippen LogP contribution in [0.25, 0.3) is 0 Å². The number of rotatable bonds is 5. The van der Waals surface area contributed by atoms with Crippen molar-refractivity contribution < 1.29 is 19.7 Å². The van der Waals surface area contributed by atoms with Crippen LogP contribution in [0.1, 0.15) is 18.4 Å². The number of methoxy groups -OCH3 is 1. The third kappa shape index (κ3) is 3.86. The van der Waals surface area contributed by atoms with Gasteiger partial charge >= 0.3 is 6.09 Å². The monoisotopic (exact) mass is 294 g/mol. The molecule has 0 saturated carbocycles. The fourth-order valence-corrected chi connectivity index (χ4v) is 2.55. The Bertz CT molecular complexity index is 467. The number of aliphatic hydroxyl groups is 1. The highest BCUT2D eigenvalue weighted by Gasteiger charge is 2.34. The molecule has 2 rings (SSSR count). The minimum absolute atomic E-state index is 0.0105. The third-order valence-electron chi connectivity index (χ3n) is 4.12. The Kier molecular flexibility index (Phi) is 5.03. The molecule has 21 heavy (non-hydrogen) atoms. The first-order valence-electron chi connectivity index (χ1n) is 7.05. The lowest BCUT2D eigenvalue weighted by molar-refractivity contribution is 0.0725. The fraction of sp³-hybridized carbons (Fsp3) is 0.533. The lowest BCUT2D eigenvalue weighted by Gasteiger charge is -2.40. The molecule has 1 saturated heterocycles. The molecule has 3 N–H and O–H groups in total. The van der Waals surface area contributed by atoms with Gasteiger partial charge in [-0.15, -0.1) is 0 Å². The molecule has 0 spiro atoms. The van der Waals surface area contributed by atoms with Crippen molar-refractivity contribution in [3.63, 3.8) is 0 Å². The average Bonchev–Trinajstić information content (AvgIpc) is 2.53. The molecule has 1 fully saturated rings. The summed E-state index contributed by atoms with van der Waals surface area (Å²) in [6.45, 7) is 1.55. The zero-order chi connectivity index (χ0) is 15.3. The lowest BCUT2D eigenvalue weighted by Crippen LogP contribution is -2.56. The van der Waals surface area contributed by atoms with Crippen LogP contribution in [-0.4, -0.2) is 53.6 Å². The summed E-state index contributed by atoms with van der Waals surface area (Å²) in [6.07, 6.45) is 0.342. The largest absolute Gasteiger partial charge is 0.497 e. The van der Waals surface area contributed by atoms with Crippen molar-refractivity contribution in [2.45, 2.75) is 24.9 Å². The van der Waals surface area contributed by atoms with E-state index in [1.807, 2.05) is 24.3 Å². The van der Waals surface area contributed by atoms with E-state index in [9.17, 15) is 9.90 Å². The van der Waals surface area contributed by atoms with Gasteiger partial charge in [-0.05, 0) is 30.5 Å². The van der Waals surface area contributed by atoms with Gasteiger partial charge in [0, 0.05) is 25.2 Å². The van der Waals surface area contributed by atoms with Gasteiger partial charge in [-0.2, -0.15) is 0 Å². The molecule has 1 aliphatic heterocycles. The number of nitrogens with zero attached hydrogens (tertiary/aromatic N) is 1. The maximum absolute atomic E-state index is 10.9. The molecule has 1 aromatic rings. The molecule has 116 valence electrons. The number of amides is 1. The van der Waals surface area contributed by atoms with Crippen molar-refractivity contribution in [2.24, 2.45) is 0 Å². The third-order valence-corrected chi connectivity index (χ3v) is 4.12. The summed E-state index contributed by atoms with van der Waals surface area (Å²) < 4.78 is 5.12. The molecular weight excluding hydrogens is 272 g/mol. The molecule has 6 heteroatoms. The fourth-order valence-electron chi connectivity index (χ4n) is 2.55. The number of aliphatic hydroxyl groups excluding tert-OH is 1. The van der Waals surface area contributed by atoms with E-state index in [4.69, 9.17) is 9.84 Å². The van der Waals surface area contributed by atoms with Crippen molar-refractivity contribution >= 4 is 6.09 Å². The molecule has 1 aromatic carbocycles. The van der Waals surface area contributed by atoms with Gasteiger partial charge in [0.05, 0.1) is 13.7 Å². The van der Waals surface area contributed by atoms with Crippen LogP contribution in [0.3, 0.4) is 0 Å². The summed E-state index contributed by atoms with van der Waals surface area (Å²) in [5.41, 5.74) is 0.704. The van der Waals surface area contributed by atoms with Gasteiger partial charge < -0.3 is 25.2 Å². The van der Waals surface area contributed by atoms with Crippen LogP contribution in [0.4, 0.5) is 4.79 Å². The maximum Gasteiger partial charge on any atom is 0.407 e. The Labute approximate surface area is 124 Å². The van der Waals surface area contributed by atoms with E-state index >= 15 is 0 Å². The second-order valence-electron chi connectivity index (χ2n) is 5.41. The van der Waals surface area contributed by atoms with Crippen molar-refractivity contribution in [1.82, 2.24) is 10.2 Å². The second kappa shape index (κ2) is 6.78. The summed E-state index contributed by atoms with van der Waals surface area (Å²) in [5, 5.41) is 22.0.